The number of nitrogen functional groups attached to an aromatic ring is 1. The molecule has 1 saturated heterocycles. The number of primary amides is 1. The van der Waals surface area contributed by atoms with E-state index in [1.165, 1.54) is 0 Å². The number of hydrogen-bond donors (Lipinski definition) is 2. The SMILES string of the molecule is CC1CN(c2ccc(N)cc2C(N)=O)CCS1. The molecule has 1 aliphatic rings. The summed E-state index contributed by atoms with van der Waals surface area (Å²) in [6, 6.07) is 5.36. The Morgan fingerprint density at radius 2 is 2.29 bits per heavy atom. The Balaban J connectivity index is 2.33. The normalized spacial score (nSPS) is 20.3. The molecule has 5 heteroatoms. The van der Waals surface area contributed by atoms with Crippen LogP contribution in [0.3, 0.4) is 0 Å². The molecule has 4 nitrogen and oxygen atoms in total. The van der Waals surface area contributed by atoms with E-state index in [9.17, 15) is 4.79 Å². The Morgan fingerprint density at radius 3 is 2.94 bits per heavy atom. The molecule has 2 rings (SSSR count). The molecule has 0 bridgehead atoms. The number of amides is 1. The third-order valence-corrected chi connectivity index (χ3v) is 4.00. The molecule has 1 unspecified atom stereocenters. The van der Waals surface area contributed by atoms with Crippen LogP contribution in [0.4, 0.5) is 11.4 Å². The highest BCUT2D eigenvalue weighted by Gasteiger charge is 2.20. The molecule has 1 aliphatic heterocycles. The number of anilines is 2. The summed E-state index contributed by atoms with van der Waals surface area (Å²) in [5, 5.41) is 0.571. The van der Waals surface area contributed by atoms with Gasteiger partial charge in [-0.1, -0.05) is 6.92 Å². The molecule has 0 spiro atoms. The second kappa shape index (κ2) is 4.87. The molecule has 17 heavy (non-hydrogen) atoms. The van der Waals surface area contributed by atoms with Crippen LogP contribution in [0.25, 0.3) is 0 Å². The first-order valence-electron chi connectivity index (χ1n) is 5.64. The van der Waals surface area contributed by atoms with E-state index in [-0.39, 0.29) is 0 Å². The lowest BCUT2D eigenvalue weighted by Gasteiger charge is -2.33. The van der Waals surface area contributed by atoms with Gasteiger partial charge in [0, 0.05) is 35.5 Å². The van der Waals surface area contributed by atoms with Gasteiger partial charge in [0.05, 0.1) is 5.56 Å². The van der Waals surface area contributed by atoms with Crippen LogP contribution in [-0.4, -0.2) is 30.0 Å². The monoisotopic (exact) mass is 251 g/mol. The summed E-state index contributed by atoms with van der Waals surface area (Å²) < 4.78 is 0. The second-order valence-corrected chi connectivity index (χ2v) is 5.81. The number of benzene rings is 1. The van der Waals surface area contributed by atoms with E-state index >= 15 is 0 Å². The van der Waals surface area contributed by atoms with Gasteiger partial charge in [-0.25, -0.2) is 0 Å². The van der Waals surface area contributed by atoms with Gasteiger partial charge in [-0.15, -0.1) is 0 Å². The number of carbonyl (C=O) groups is 1. The predicted molar refractivity (Wildman–Crippen MR) is 73.5 cm³/mol. The Hall–Kier alpha value is -1.36. The zero-order valence-corrected chi connectivity index (χ0v) is 10.7. The maximum atomic E-state index is 11.4. The third kappa shape index (κ3) is 2.66. The zero-order chi connectivity index (χ0) is 12.4. The van der Waals surface area contributed by atoms with E-state index in [0.717, 1.165) is 24.5 Å². The van der Waals surface area contributed by atoms with Crippen molar-refractivity contribution >= 4 is 29.0 Å². The first kappa shape index (κ1) is 12.1. The minimum absolute atomic E-state index is 0.418. The number of nitrogens with two attached hydrogens (primary N) is 2. The summed E-state index contributed by atoms with van der Waals surface area (Å²) in [5.41, 5.74) is 13.1. The lowest BCUT2D eigenvalue weighted by molar-refractivity contribution is 0.100. The van der Waals surface area contributed by atoms with Crippen LogP contribution >= 0.6 is 11.8 Å². The number of hydrogen-bond acceptors (Lipinski definition) is 4. The van der Waals surface area contributed by atoms with Crippen molar-refractivity contribution in [2.24, 2.45) is 5.73 Å². The minimum Gasteiger partial charge on any atom is -0.399 e. The maximum absolute atomic E-state index is 11.4. The number of thioether (sulfide) groups is 1. The van der Waals surface area contributed by atoms with Gasteiger partial charge in [0.1, 0.15) is 0 Å². The lowest BCUT2D eigenvalue weighted by atomic mass is 10.1. The molecule has 1 fully saturated rings. The molecule has 1 aromatic rings. The van der Waals surface area contributed by atoms with Gasteiger partial charge in [-0.3, -0.25) is 4.79 Å². The number of carbonyl (C=O) groups excluding carboxylic acids is 1. The van der Waals surface area contributed by atoms with Crippen molar-refractivity contribution in [2.75, 3.05) is 29.5 Å². The summed E-state index contributed by atoms with van der Waals surface area (Å²) in [4.78, 5) is 13.6. The van der Waals surface area contributed by atoms with E-state index in [4.69, 9.17) is 11.5 Å². The maximum Gasteiger partial charge on any atom is 0.250 e. The fourth-order valence-corrected chi connectivity index (χ4v) is 3.08. The first-order chi connectivity index (χ1) is 8.08. The molecule has 1 amide bonds. The predicted octanol–water partition coefficient (Wildman–Crippen LogP) is 1.31. The average molecular weight is 251 g/mol. The fraction of sp³-hybridized carbons (Fsp3) is 0.417. The molecular formula is C12H17N3OS. The quantitative estimate of drug-likeness (QED) is 0.777. The molecule has 0 saturated carbocycles. The topological polar surface area (TPSA) is 72.3 Å². The van der Waals surface area contributed by atoms with Gasteiger partial charge in [-0.05, 0) is 18.2 Å². The van der Waals surface area contributed by atoms with Gasteiger partial charge in [0.25, 0.3) is 5.91 Å². The highest BCUT2D eigenvalue weighted by Crippen LogP contribution is 2.27. The van der Waals surface area contributed by atoms with Crippen molar-refractivity contribution < 1.29 is 4.79 Å². The van der Waals surface area contributed by atoms with Gasteiger partial charge >= 0.3 is 0 Å². The van der Waals surface area contributed by atoms with Crippen molar-refractivity contribution in [3.05, 3.63) is 23.8 Å². The van der Waals surface area contributed by atoms with E-state index in [1.54, 1.807) is 6.07 Å². The summed E-state index contributed by atoms with van der Waals surface area (Å²) in [7, 11) is 0. The standard InChI is InChI=1S/C12H17N3OS/c1-8-7-15(4-5-17-8)11-3-2-9(13)6-10(11)12(14)16/h2-3,6,8H,4-5,7,13H2,1H3,(H2,14,16). The van der Waals surface area contributed by atoms with E-state index < -0.39 is 5.91 Å². The van der Waals surface area contributed by atoms with Crippen molar-refractivity contribution in [2.45, 2.75) is 12.2 Å². The smallest absolute Gasteiger partial charge is 0.250 e. The van der Waals surface area contributed by atoms with Crippen LogP contribution in [0.1, 0.15) is 17.3 Å². The Bertz CT molecular complexity index is 436. The summed E-state index contributed by atoms with van der Waals surface area (Å²) in [6.07, 6.45) is 0. The highest BCUT2D eigenvalue weighted by atomic mass is 32.2. The molecule has 1 heterocycles. The van der Waals surface area contributed by atoms with Crippen LogP contribution in [0.2, 0.25) is 0 Å². The fourth-order valence-electron chi connectivity index (χ4n) is 2.06. The average Bonchev–Trinajstić information content (AvgIpc) is 2.28. The molecule has 1 aromatic carbocycles. The summed E-state index contributed by atoms with van der Waals surface area (Å²) in [5.74, 6) is 0.655. The molecule has 1 atom stereocenters. The molecule has 0 radical (unpaired) electrons. The highest BCUT2D eigenvalue weighted by molar-refractivity contribution is 8.00. The van der Waals surface area contributed by atoms with Gasteiger partial charge < -0.3 is 16.4 Å². The van der Waals surface area contributed by atoms with Crippen LogP contribution in [0.5, 0.6) is 0 Å². The van der Waals surface area contributed by atoms with Gasteiger partial charge in [-0.2, -0.15) is 11.8 Å². The molecule has 0 aromatic heterocycles. The number of rotatable bonds is 2. The lowest BCUT2D eigenvalue weighted by Crippen LogP contribution is -2.37. The first-order valence-corrected chi connectivity index (χ1v) is 6.68. The van der Waals surface area contributed by atoms with Crippen molar-refractivity contribution in [1.29, 1.82) is 0 Å². The van der Waals surface area contributed by atoms with Crippen molar-refractivity contribution in [3.63, 3.8) is 0 Å². The van der Waals surface area contributed by atoms with Crippen LogP contribution < -0.4 is 16.4 Å². The van der Waals surface area contributed by atoms with Crippen LogP contribution in [0, 0.1) is 0 Å². The number of nitrogens with zero attached hydrogens (tertiary/aromatic N) is 1. The second-order valence-electron chi connectivity index (χ2n) is 4.27. The van der Waals surface area contributed by atoms with E-state index in [0.29, 0.717) is 16.5 Å². The minimum atomic E-state index is -0.418. The third-order valence-electron chi connectivity index (χ3n) is 2.87. The van der Waals surface area contributed by atoms with Gasteiger partial charge in [0.15, 0.2) is 0 Å². The Labute approximate surface area is 105 Å². The zero-order valence-electron chi connectivity index (χ0n) is 9.85. The van der Waals surface area contributed by atoms with E-state index in [1.807, 2.05) is 23.9 Å². The van der Waals surface area contributed by atoms with E-state index in [2.05, 4.69) is 11.8 Å². The van der Waals surface area contributed by atoms with Crippen molar-refractivity contribution in [1.82, 2.24) is 0 Å². The molecular weight excluding hydrogens is 234 g/mol. The van der Waals surface area contributed by atoms with Gasteiger partial charge in [0.2, 0.25) is 0 Å². The van der Waals surface area contributed by atoms with Crippen LogP contribution in [-0.2, 0) is 0 Å². The largest absolute Gasteiger partial charge is 0.399 e. The Kier molecular flexibility index (Phi) is 3.47. The van der Waals surface area contributed by atoms with Crippen molar-refractivity contribution in [3.8, 4) is 0 Å². The van der Waals surface area contributed by atoms with Crippen LogP contribution in [0.15, 0.2) is 18.2 Å². The summed E-state index contributed by atoms with van der Waals surface area (Å²) in [6.45, 7) is 4.08. The molecule has 0 aliphatic carbocycles. The Morgan fingerprint density at radius 1 is 1.53 bits per heavy atom. The molecule has 92 valence electrons. The summed E-state index contributed by atoms with van der Waals surface area (Å²) >= 11 is 1.95. The molecule has 4 N–H and O–H groups in total.